The van der Waals surface area contributed by atoms with E-state index in [-0.39, 0.29) is 10.6 Å². The number of hydrogen-bond donors (Lipinski definition) is 2. The summed E-state index contributed by atoms with van der Waals surface area (Å²) in [6, 6.07) is 0. The third kappa shape index (κ3) is 8.13. The molecule has 3 atom stereocenters. The molecule has 0 radical (unpaired) electrons. The Morgan fingerprint density at radius 3 is 2.18 bits per heavy atom. The van der Waals surface area contributed by atoms with Crippen molar-refractivity contribution in [1.29, 1.82) is 0 Å². The minimum Gasteiger partial charge on any atom is -0.381 e. The molecule has 5 rings (SSSR count). The second kappa shape index (κ2) is 14.6. The highest BCUT2D eigenvalue weighted by Gasteiger charge is 2.41. The van der Waals surface area contributed by atoms with Crippen LogP contribution in [0.2, 0.25) is 0 Å². The average molecular weight is 539 g/mol. The zero-order valence-corrected chi connectivity index (χ0v) is 21.6. The number of fused-ring (bicyclic) bond motifs is 1. The monoisotopic (exact) mass is 538 g/mol. The molecule has 14 heteroatoms. The standard InChI is InChI=1S/C12H19N3O4.C9H15N3O3.C3H4O/c16-11-2-1-10(15(17)18)12-13(4-5-14(11)12)7-9-3-6-19-8-9;13-12(14)6-9-10-2-3-11(9)5-8-1-4-15-7-8;1-2-3-4/h9,11,16H,1-8H2;6,8,10H,1-5,7H2;2-3H,1H2/b;9-6-;. The van der Waals surface area contributed by atoms with Crippen LogP contribution in [0.4, 0.5) is 0 Å². The topological polar surface area (TPSA) is 164 Å². The van der Waals surface area contributed by atoms with E-state index < -0.39 is 11.2 Å². The lowest BCUT2D eigenvalue weighted by molar-refractivity contribution is -0.433. The number of ether oxygens (including phenoxy) is 2. The van der Waals surface area contributed by atoms with E-state index in [1.807, 2.05) is 4.90 Å². The van der Waals surface area contributed by atoms with Gasteiger partial charge in [-0.2, -0.15) is 0 Å². The van der Waals surface area contributed by atoms with Gasteiger partial charge in [-0.15, -0.1) is 0 Å². The van der Waals surface area contributed by atoms with E-state index in [1.54, 1.807) is 4.90 Å². The minimum atomic E-state index is -0.580. The van der Waals surface area contributed by atoms with Crippen LogP contribution in [-0.2, 0) is 14.3 Å². The van der Waals surface area contributed by atoms with Crippen molar-refractivity contribution in [2.75, 3.05) is 65.7 Å². The van der Waals surface area contributed by atoms with Crippen LogP contribution in [0, 0.1) is 32.1 Å². The van der Waals surface area contributed by atoms with Gasteiger partial charge in [0, 0.05) is 77.2 Å². The van der Waals surface area contributed by atoms with Crippen molar-refractivity contribution in [2.45, 2.75) is 31.9 Å². The number of hydrogen-bond acceptors (Lipinski definition) is 12. The molecule has 0 aromatic carbocycles. The third-order valence-corrected chi connectivity index (χ3v) is 7.02. The fourth-order valence-electron chi connectivity index (χ4n) is 5.19. The molecule has 38 heavy (non-hydrogen) atoms. The molecule has 0 aromatic rings. The predicted octanol–water partition coefficient (Wildman–Crippen LogP) is 0.574. The number of allylic oxidation sites excluding steroid dienone is 2. The van der Waals surface area contributed by atoms with Gasteiger partial charge in [0.2, 0.25) is 0 Å². The number of rotatable bonds is 7. The normalized spacial score (nSPS) is 27.2. The van der Waals surface area contributed by atoms with Crippen LogP contribution in [0.1, 0.15) is 25.7 Å². The van der Waals surface area contributed by atoms with Gasteiger partial charge >= 0.3 is 0 Å². The second-order valence-corrected chi connectivity index (χ2v) is 9.69. The lowest BCUT2D eigenvalue weighted by atomic mass is 10.1. The smallest absolute Gasteiger partial charge is 0.286 e. The quantitative estimate of drug-likeness (QED) is 0.201. The van der Waals surface area contributed by atoms with Crippen LogP contribution < -0.4 is 5.32 Å². The molecule has 4 fully saturated rings. The molecule has 5 aliphatic heterocycles. The zero-order valence-electron chi connectivity index (χ0n) is 21.6. The number of carbonyl (C=O) groups excluding carboxylic acids is 1. The molecular weight excluding hydrogens is 500 g/mol. The molecule has 0 aliphatic carbocycles. The molecular formula is C24H38N6O8. The van der Waals surface area contributed by atoms with Gasteiger partial charge in [0.25, 0.3) is 11.9 Å². The summed E-state index contributed by atoms with van der Waals surface area (Å²) >= 11 is 0. The van der Waals surface area contributed by atoms with E-state index in [0.717, 1.165) is 78.2 Å². The Labute approximate surface area is 221 Å². The Hall–Kier alpha value is -3.23. The van der Waals surface area contributed by atoms with E-state index >= 15 is 0 Å². The largest absolute Gasteiger partial charge is 0.381 e. The van der Waals surface area contributed by atoms with Crippen LogP contribution in [0.5, 0.6) is 0 Å². The maximum absolute atomic E-state index is 11.2. The first kappa shape index (κ1) is 29.3. The van der Waals surface area contributed by atoms with Gasteiger partial charge in [-0.25, -0.2) is 0 Å². The number of nitrogens with zero attached hydrogens (tertiary/aromatic N) is 5. The van der Waals surface area contributed by atoms with Crippen LogP contribution in [-0.4, -0.2) is 108 Å². The Morgan fingerprint density at radius 1 is 1.03 bits per heavy atom. The van der Waals surface area contributed by atoms with Crippen molar-refractivity contribution < 1.29 is 29.2 Å². The first-order valence-corrected chi connectivity index (χ1v) is 13.0. The molecule has 0 spiro atoms. The molecule has 0 bridgehead atoms. The first-order chi connectivity index (χ1) is 18.3. The van der Waals surface area contributed by atoms with Gasteiger partial charge < -0.3 is 34.6 Å². The van der Waals surface area contributed by atoms with Crippen molar-refractivity contribution in [2.24, 2.45) is 11.8 Å². The molecule has 5 heterocycles. The van der Waals surface area contributed by atoms with Crippen LogP contribution in [0.15, 0.2) is 36.2 Å². The number of carbonyl (C=O) groups is 1. The Bertz CT molecular complexity index is 894. The number of aliphatic hydroxyl groups is 1. The van der Waals surface area contributed by atoms with Crippen molar-refractivity contribution in [3.8, 4) is 0 Å². The van der Waals surface area contributed by atoms with E-state index in [1.165, 1.54) is 6.08 Å². The van der Waals surface area contributed by atoms with Gasteiger partial charge in [0.1, 0.15) is 12.5 Å². The molecule has 212 valence electrons. The van der Waals surface area contributed by atoms with Crippen LogP contribution >= 0.6 is 0 Å². The highest BCUT2D eigenvalue weighted by Crippen LogP contribution is 2.33. The summed E-state index contributed by atoms with van der Waals surface area (Å²) in [5, 5.41) is 34.5. The van der Waals surface area contributed by atoms with Crippen molar-refractivity contribution in [3.63, 3.8) is 0 Å². The maximum atomic E-state index is 11.2. The molecule has 3 unspecified atom stereocenters. The maximum Gasteiger partial charge on any atom is 0.286 e. The Balaban J connectivity index is 0.000000189. The average Bonchev–Trinajstić information content (AvgIpc) is 3.70. The number of aliphatic hydroxyl groups excluding tert-OH is 1. The fourth-order valence-corrected chi connectivity index (χ4v) is 5.19. The summed E-state index contributed by atoms with van der Waals surface area (Å²) in [5.74, 6) is 2.22. The van der Waals surface area contributed by atoms with Gasteiger partial charge in [-0.1, -0.05) is 6.58 Å². The molecule has 5 aliphatic rings. The van der Waals surface area contributed by atoms with E-state index in [0.29, 0.717) is 49.2 Å². The lowest BCUT2D eigenvalue weighted by Crippen LogP contribution is -2.39. The van der Waals surface area contributed by atoms with Crippen molar-refractivity contribution in [3.05, 3.63) is 56.4 Å². The molecule has 0 saturated carbocycles. The third-order valence-electron chi connectivity index (χ3n) is 7.02. The van der Waals surface area contributed by atoms with E-state index in [4.69, 9.17) is 14.3 Å². The van der Waals surface area contributed by atoms with Gasteiger partial charge in [0.15, 0.2) is 11.6 Å². The number of nitrogens with one attached hydrogen (secondary N) is 1. The van der Waals surface area contributed by atoms with Crippen LogP contribution in [0.3, 0.4) is 0 Å². The van der Waals surface area contributed by atoms with Gasteiger partial charge in [0.05, 0.1) is 23.1 Å². The summed E-state index contributed by atoms with van der Waals surface area (Å²) in [6.45, 7) is 10.9. The lowest BCUT2D eigenvalue weighted by Gasteiger charge is -2.32. The summed E-state index contributed by atoms with van der Waals surface area (Å²) < 4.78 is 10.6. The Morgan fingerprint density at radius 2 is 1.66 bits per heavy atom. The van der Waals surface area contributed by atoms with Crippen molar-refractivity contribution >= 4 is 6.29 Å². The highest BCUT2D eigenvalue weighted by atomic mass is 16.6. The van der Waals surface area contributed by atoms with Gasteiger partial charge in [-0.05, 0) is 18.9 Å². The minimum absolute atomic E-state index is 0.252. The van der Waals surface area contributed by atoms with E-state index in [2.05, 4.69) is 16.8 Å². The SMILES string of the molecule is C=CC=O.O=[N+]([O-])/C=C1/NCCN1CC1CCOC1.O=[N+]([O-])C1=C2N(CC3CCOC3)CCN2C(O)CC1. The van der Waals surface area contributed by atoms with E-state index in [9.17, 15) is 25.3 Å². The molecule has 14 nitrogen and oxygen atoms in total. The summed E-state index contributed by atoms with van der Waals surface area (Å²) in [7, 11) is 0. The summed E-state index contributed by atoms with van der Waals surface area (Å²) in [4.78, 5) is 35.8. The highest BCUT2D eigenvalue weighted by molar-refractivity contribution is 5.63. The van der Waals surface area contributed by atoms with Crippen molar-refractivity contribution in [1.82, 2.24) is 20.0 Å². The molecule has 0 aromatic heterocycles. The zero-order chi connectivity index (χ0) is 27.5. The predicted molar refractivity (Wildman–Crippen MR) is 136 cm³/mol. The number of nitro groups is 2. The summed E-state index contributed by atoms with van der Waals surface area (Å²) in [6.07, 6.45) is 5.16. The number of aldehydes is 1. The molecule has 2 N–H and O–H groups in total. The fraction of sp³-hybridized carbons (Fsp3) is 0.708. The molecule has 4 saturated heterocycles. The second-order valence-electron chi connectivity index (χ2n) is 9.69. The van der Waals surface area contributed by atoms with Gasteiger partial charge in [-0.3, -0.25) is 25.0 Å². The molecule has 0 amide bonds. The Kier molecular flexibility index (Phi) is 11.3. The van der Waals surface area contributed by atoms with Crippen LogP contribution in [0.25, 0.3) is 0 Å². The summed E-state index contributed by atoms with van der Waals surface area (Å²) in [5.41, 5.74) is 0.252. The first-order valence-electron chi connectivity index (χ1n) is 13.0.